The summed E-state index contributed by atoms with van der Waals surface area (Å²) < 4.78 is 10.8. The number of nitrogens with one attached hydrogen (secondary N) is 2. The van der Waals surface area contributed by atoms with Gasteiger partial charge in [-0.25, -0.2) is 0 Å². The third kappa shape index (κ3) is 2.81. The number of amides is 1. The summed E-state index contributed by atoms with van der Waals surface area (Å²) in [5.41, 5.74) is 2.88. The van der Waals surface area contributed by atoms with Crippen LogP contribution in [0.3, 0.4) is 0 Å². The molecule has 2 N–H and O–H groups in total. The molecule has 0 spiro atoms. The summed E-state index contributed by atoms with van der Waals surface area (Å²) >= 11 is 1.70. The second kappa shape index (κ2) is 6.81. The van der Waals surface area contributed by atoms with Crippen LogP contribution in [0.5, 0.6) is 11.5 Å². The van der Waals surface area contributed by atoms with Gasteiger partial charge in [-0.05, 0) is 36.7 Å². The van der Waals surface area contributed by atoms with Crippen molar-refractivity contribution in [2.45, 2.75) is 26.1 Å². The van der Waals surface area contributed by atoms with Gasteiger partial charge in [-0.1, -0.05) is 6.92 Å². The Morgan fingerprint density at radius 1 is 1.27 bits per heavy atom. The summed E-state index contributed by atoms with van der Waals surface area (Å²) in [7, 11) is 3.26. The van der Waals surface area contributed by atoms with Crippen LogP contribution in [0.25, 0.3) is 0 Å². The summed E-state index contributed by atoms with van der Waals surface area (Å²) in [5.74, 6) is 1.42. The molecular weight excluding hydrogens is 350 g/mol. The van der Waals surface area contributed by atoms with Crippen LogP contribution in [0.2, 0.25) is 0 Å². The number of carbonyl (C=O) groups is 1. The van der Waals surface area contributed by atoms with E-state index in [0.717, 1.165) is 47.9 Å². The first-order valence-electron chi connectivity index (χ1n) is 8.80. The van der Waals surface area contributed by atoms with Crippen molar-refractivity contribution in [2.75, 3.05) is 32.6 Å². The van der Waals surface area contributed by atoms with Crippen molar-refractivity contribution < 1.29 is 14.3 Å². The zero-order valence-electron chi connectivity index (χ0n) is 15.2. The minimum absolute atomic E-state index is 0.0175. The van der Waals surface area contributed by atoms with Crippen LogP contribution in [0.1, 0.15) is 39.5 Å². The molecule has 2 aliphatic heterocycles. The van der Waals surface area contributed by atoms with Crippen molar-refractivity contribution in [3.8, 4) is 11.5 Å². The number of ether oxygens (including phenoxy) is 2. The average molecular weight is 373 g/mol. The molecule has 7 heteroatoms. The molecule has 0 bridgehead atoms. The van der Waals surface area contributed by atoms with Crippen LogP contribution in [0.4, 0.5) is 5.00 Å². The number of benzene rings is 1. The fourth-order valence-electron chi connectivity index (χ4n) is 3.66. The highest BCUT2D eigenvalue weighted by atomic mass is 32.1. The number of nitrogens with zero attached hydrogens (tertiary/aromatic N) is 1. The molecule has 0 radical (unpaired) electrons. The lowest BCUT2D eigenvalue weighted by Crippen LogP contribution is -2.39. The first-order chi connectivity index (χ1) is 12.6. The number of rotatable bonds is 4. The lowest BCUT2D eigenvalue weighted by atomic mass is 10.00. The maximum Gasteiger partial charge on any atom is 0.256 e. The number of likely N-dealkylation sites (N-methyl/N-ethyl adjacent to an activating group) is 1. The van der Waals surface area contributed by atoms with Gasteiger partial charge in [0.15, 0.2) is 0 Å². The Morgan fingerprint density at radius 2 is 2.12 bits per heavy atom. The smallest absolute Gasteiger partial charge is 0.256 e. The molecule has 0 saturated heterocycles. The van der Waals surface area contributed by atoms with Gasteiger partial charge in [0.1, 0.15) is 22.7 Å². The summed E-state index contributed by atoms with van der Waals surface area (Å²) in [4.78, 5) is 16.6. The van der Waals surface area contributed by atoms with Crippen molar-refractivity contribution in [2.24, 2.45) is 0 Å². The van der Waals surface area contributed by atoms with Crippen LogP contribution in [-0.2, 0) is 13.0 Å². The van der Waals surface area contributed by atoms with E-state index in [0.29, 0.717) is 5.75 Å². The first-order valence-corrected chi connectivity index (χ1v) is 9.62. The van der Waals surface area contributed by atoms with Gasteiger partial charge in [-0.2, -0.15) is 0 Å². The molecule has 0 fully saturated rings. The predicted molar refractivity (Wildman–Crippen MR) is 102 cm³/mol. The Morgan fingerprint density at radius 3 is 2.85 bits per heavy atom. The molecular formula is C19H23N3O3S. The largest absolute Gasteiger partial charge is 0.497 e. The molecule has 2 aliphatic rings. The fourth-order valence-corrected chi connectivity index (χ4v) is 4.97. The zero-order chi connectivity index (χ0) is 18.3. The molecule has 1 atom stereocenters. The standard InChI is InChI=1S/C19H23N3O3S/c1-4-22-8-7-12-15(10-22)26-19-16(12)18(23)20-17(21-19)13-9-11(24-2)5-6-14(13)25-3/h5-6,9,17,21H,4,7-8,10H2,1-3H3,(H,20,23). The third-order valence-electron chi connectivity index (χ3n) is 5.11. The Kier molecular flexibility index (Phi) is 4.50. The van der Waals surface area contributed by atoms with Crippen molar-refractivity contribution in [1.29, 1.82) is 0 Å². The van der Waals surface area contributed by atoms with E-state index in [4.69, 9.17) is 9.47 Å². The van der Waals surface area contributed by atoms with E-state index in [9.17, 15) is 4.79 Å². The summed E-state index contributed by atoms with van der Waals surface area (Å²) in [5, 5.41) is 7.53. The number of carbonyl (C=O) groups excluding carboxylic acids is 1. The maximum atomic E-state index is 12.9. The van der Waals surface area contributed by atoms with Crippen molar-refractivity contribution in [3.05, 3.63) is 39.8 Å². The molecule has 0 saturated carbocycles. The molecule has 1 aromatic carbocycles. The van der Waals surface area contributed by atoms with Gasteiger partial charge in [0, 0.05) is 23.5 Å². The number of fused-ring (bicyclic) bond motifs is 3. The SMILES string of the molecule is CCN1CCc2c(sc3c2C(=O)NC(c2cc(OC)ccc2OC)N3)C1. The van der Waals surface area contributed by atoms with E-state index in [1.54, 1.807) is 25.6 Å². The molecule has 1 amide bonds. The average Bonchev–Trinajstić information content (AvgIpc) is 3.05. The van der Waals surface area contributed by atoms with Gasteiger partial charge in [0.25, 0.3) is 5.91 Å². The highest BCUT2D eigenvalue weighted by Crippen LogP contribution is 2.42. The van der Waals surface area contributed by atoms with Crippen LogP contribution in [0.15, 0.2) is 18.2 Å². The molecule has 1 aromatic heterocycles. The van der Waals surface area contributed by atoms with Gasteiger partial charge in [0.05, 0.1) is 19.8 Å². The maximum absolute atomic E-state index is 12.9. The van der Waals surface area contributed by atoms with Crippen LogP contribution in [0, 0.1) is 0 Å². The lowest BCUT2D eigenvalue weighted by Gasteiger charge is -2.28. The molecule has 138 valence electrons. The highest BCUT2D eigenvalue weighted by molar-refractivity contribution is 7.16. The summed E-state index contributed by atoms with van der Waals surface area (Å²) in [6.07, 6.45) is 0.583. The second-order valence-corrected chi connectivity index (χ2v) is 7.59. The quantitative estimate of drug-likeness (QED) is 0.863. The van der Waals surface area contributed by atoms with Crippen molar-refractivity contribution >= 4 is 22.2 Å². The van der Waals surface area contributed by atoms with Gasteiger partial charge < -0.3 is 20.1 Å². The number of thiophene rings is 1. The molecule has 0 aliphatic carbocycles. The Hall–Kier alpha value is -2.25. The number of hydrogen-bond acceptors (Lipinski definition) is 6. The van der Waals surface area contributed by atoms with Gasteiger partial charge in [0.2, 0.25) is 0 Å². The van der Waals surface area contributed by atoms with E-state index in [-0.39, 0.29) is 12.1 Å². The molecule has 26 heavy (non-hydrogen) atoms. The third-order valence-corrected chi connectivity index (χ3v) is 6.26. The Balaban J connectivity index is 1.69. The molecule has 1 unspecified atom stereocenters. The molecule has 2 aromatic rings. The Bertz CT molecular complexity index is 849. The minimum atomic E-state index is -0.345. The zero-order valence-corrected chi connectivity index (χ0v) is 16.0. The molecule has 6 nitrogen and oxygen atoms in total. The summed E-state index contributed by atoms with van der Waals surface area (Å²) in [6.45, 7) is 5.14. The monoisotopic (exact) mass is 373 g/mol. The molecule has 4 rings (SSSR count). The number of anilines is 1. The minimum Gasteiger partial charge on any atom is -0.497 e. The molecule has 3 heterocycles. The first kappa shape index (κ1) is 17.2. The van der Waals surface area contributed by atoms with E-state index in [1.165, 1.54) is 10.4 Å². The van der Waals surface area contributed by atoms with Crippen LogP contribution in [-0.4, -0.2) is 38.1 Å². The topological polar surface area (TPSA) is 62.8 Å². The second-order valence-electron chi connectivity index (χ2n) is 6.49. The summed E-state index contributed by atoms with van der Waals surface area (Å²) in [6, 6.07) is 5.60. The van der Waals surface area contributed by atoms with Crippen LogP contribution >= 0.6 is 11.3 Å². The lowest BCUT2D eigenvalue weighted by molar-refractivity contribution is 0.0934. The predicted octanol–water partition coefficient (Wildman–Crippen LogP) is 3.00. The number of hydrogen-bond donors (Lipinski definition) is 2. The van der Waals surface area contributed by atoms with E-state index in [1.807, 2.05) is 18.2 Å². The fraction of sp³-hybridized carbons (Fsp3) is 0.421. The van der Waals surface area contributed by atoms with Crippen LogP contribution < -0.4 is 20.1 Å². The van der Waals surface area contributed by atoms with E-state index < -0.39 is 0 Å². The van der Waals surface area contributed by atoms with E-state index >= 15 is 0 Å². The van der Waals surface area contributed by atoms with Gasteiger partial charge in [-0.15, -0.1) is 11.3 Å². The normalized spacial score (nSPS) is 19.2. The van der Waals surface area contributed by atoms with Gasteiger partial charge in [-0.3, -0.25) is 9.69 Å². The Labute approximate surface area is 157 Å². The highest BCUT2D eigenvalue weighted by Gasteiger charge is 2.34. The van der Waals surface area contributed by atoms with Crippen molar-refractivity contribution in [3.63, 3.8) is 0 Å². The van der Waals surface area contributed by atoms with E-state index in [2.05, 4.69) is 22.5 Å². The number of methoxy groups -OCH3 is 2. The van der Waals surface area contributed by atoms with Crippen molar-refractivity contribution in [1.82, 2.24) is 10.2 Å². The van der Waals surface area contributed by atoms with Gasteiger partial charge >= 0.3 is 0 Å².